The second kappa shape index (κ2) is 8.10. The first-order valence-corrected chi connectivity index (χ1v) is 10.7. The van der Waals surface area contributed by atoms with E-state index in [1.165, 1.54) is 10.1 Å². The van der Waals surface area contributed by atoms with E-state index in [4.69, 9.17) is 9.72 Å². The summed E-state index contributed by atoms with van der Waals surface area (Å²) in [7, 11) is 0. The number of thioether (sulfide) groups is 1. The average molecular weight is 398 g/mol. The summed E-state index contributed by atoms with van der Waals surface area (Å²) in [5, 5.41) is 4.13. The Morgan fingerprint density at radius 1 is 1.26 bits per heavy atom. The highest BCUT2D eigenvalue weighted by Gasteiger charge is 2.14. The zero-order valence-corrected chi connectivity index (χ0v) is 16.6. The van der Waals surface area contributed by atoms with Crippen LogP contribution in [0.2, 0.25) is 0 Å². The molecule has 3 aromatic heterocycles. The third-order valence-corrected chi connectivity index (χ3v) is 6.18. The molecule has 5 nitrogen and oxygen atoms in total. The second-order valence-corrected chi connectivity index (χ2v) is 7.95. The van der Waals surface area contributed by atoms with Crippen LogP contribution in [-0.2, 0) is 22.0 Å². The summed E-state index contributed by atoms with van der Waals surface area (Å²) in [6.45, 7) is 2.14. The normalized spacial score (nSPS) is 11.3. The van der Waals surface area contributed by atoms with Crippen LogP contribution in [0, 0.1) is 0 Å². The van der Waals surface area contributed by atoms with Gasteiger partial charge in [0, 0.05) is 18.4 Å². The Balaban J connectivity index is 1.59. The van der Waals surface area contributed by atoms with Crippen molar-refractivity contribution in [3.05, 3.63) is 53.7 Å². The summed E-state index contributed by atoms with van der Waals surface area (Å²) in [6, 6.07) is 12.0. The molecule has 0 unspecified atom stereocenters. The van der Waals surface area contributed by atoms with Gasteiger partial charge in [-0.05, 0) is 41.5 Å². The maximum Gasteiger partial charge on any atom is 0.307 e. The van der Waals surface area contributed by atoms with Crippen LogP contribution in [0.3, 0.4) is 0 Å². The fourth-order valence-electron chi connectivity index (χ4n) is 2.89. The van der Waals surface area contributed by atoms with Crippen LogP contribution in [0.15, 0.2) is 53.1 Å². The SMILES string of the molecule is CCCC(=O)OCn1c(SCc2nccc3ccsc23)nc2ccccc21. The van der Waals surface area contributed by atoms with Crippen LogP contribution < -0.4 is 0 Å². The molecule has 0 radical (unpaired) electrons. The number of para-hydroxylation sites is 2. The predicted octanol–water partition coefficient (Wildman–Crippen LogP) is 5.24. The maximum atomic E-state index is 11.8. The standard InChI is InChI=1S/C20H19N3O2S2/c1-2-5-18(24)25-13-23-17-7-4-3-6-15(17)22-20(23)27-12-16-19-14(8-10-21-16)9-11-26-19/h3-4,6-11H,2,5,12-13H2,1H3. The number of imidazole rings is 1. The van der Waals surface area contributed by atoms with Gasteiger partial charge in [0.2, 0.25) is 0 Å². The molecular weight excluding hydrogens is 378 g/mol. The number of ether oxygens (including phenoxy) is 1. The van der Waals surface area contributed by atoms with Crippen LogP contribution in [0.1, 0.15) is 25.5 Å². The minimum Gasteiger partial charge on any atom is -0.444 e. The van der Waals surface area contributed by atoms with Crippen molar-refractivity contribution in [2.75, 3.05) is 0 Å². The largest absolute Gasteiger partial charge is 0.444 e. The van der Waals surface area contributed by atoms with E-state index < -0.39 is 0 Å². The number of thiophene rings is 1. The summed E-state index contributed by atoms with van der Waals surface area (Å²) >= 11 is 3.32. The molecule has 0 aliphatic rings. The molecule has 0 aliphatic heterocycles. The molecule has 1 aromatic carbocycles. The zero-order valence-electron chi connectivity index (χ0n) is 14.9. The molecule has 0 spiro atoms. The average Bonchev–Trinajstić information content (AvgIpc) is 3.29. The summed E-state index contributed by atoms with van der Waals surface area (Å²) in [6.07, 6.45) is 3.06. The van der Waals surface area contributed by atoms with Crippen LogP contribution in [0.5, 0.6) is 0 Å². The van der Waals surface area contributed by atoms with Crippen molar-refractivity contribution in [2.45, 2.75) is 37.4 Å². The molecule has 0 bridgehead atoms. The zero-order chi connectivity index (χ0) is 18.6. The van der Waals surface area contributed by atoms with Gasteiger partial charge in [-0.3, -0.25) is 14.3 Å². The molecule has 4 rings (SSSR count). The van der Waals surface area contributed by atoms with Crippen LogP contribution in [0.4, 0.5) is 0 Å². The van der Waals surface area contributed by atoms with Gasteiger partial charge in [-0.25, -0.2) is 4.98 Å². The molecule has 0 N–H and O–H groups in total. The van der Waals surface area contributed by atoms with Crippen molar-refractivity contribution in [3.8, 4) is 0 Å². The smallest absolute Gasteiger partial charge is 0.307 e. The number of aromatic nitrogens is 3. The van der Waals surface area contributed by atoms with Gasteiger partial charge in [0.15, 0.2) is 11.9 Å². The molecule has 0 saturated heterocycles. The number of rotatable bonds is 7. The molecule has 7 heteroatoms. The molecule has 27 heavy (non-hydrogen) atoms. The van der Waals surface area contributed by atoms with Crippen molar-refractivity contribution in [2.24, 2.45) is 0 Å². The summed E-state index contributed by atoms with van der Waals surface area (Å²) < 4.78 is 8.61. The number of fused-ring (bicyclic) bond motifs is 2. The molecule has 3 heterocycles. The first kappa shape index (κ1) is 18.0. The van der Waals surface area contributed by atoms with E-state index >= 15 is 0 Å². The Kier molecular flexibility index (Phi) is 5.40. The number of carbonyl (C=O) groups is 1. The highest BCUT2D eigenvalue weighted by molar-refractivity contribution is 7.98. The third kappa shape index (κ3) is 3.84. The molecular formula is C20H19N3O2S2. The third-order valence-electron chi connectivity index (χ3n) is 4.21. The summed E-state index contributed by atoms with van der Waals surface area (Å²) in [5.41, 5.74) is 2.91. The Morgan fingerprint density at radius 3 is 3.04 bits per heavy atom. The van der Waals surface area contributed by atoms with Crippen molar-refractivity contribution in [1.82, 2.24) is 14.5 Å². The molecule has 138 valence electrons. The highest BCUT2D eigenvalue weighted by Crippen LogP contribution is 2.30. The lowest BCUT2D eigenvalue weighted by Crippen LogP contribution is -2.10. The van der Waals surface area contributed by atoms with Gasteiger partial charge in [0.1, 0.15) is 0 Å². The van der Waals surface area contributed by atoms with Gasteiger partial charge in [0.25, 0.3) is 0 Å². The van der Waals surface area contributed by atoms with E-state index in [-0.39, 0.29) is 12.7 Å². The van der Waals surface area contributed by atoms with E-state index in [2.05, 4.69) is 16.4 Å². The Hall–Kier alpha value is -2.38. The monoisotopic (exact) mass is 397 g/mol. The van der Waals surface area contributed by atoms with Gasteiger partial charge in [0.05, 0.1) is 21.4 Å². The number of hydrogen-bond acceptors (Lipinski definition) is 6. The van der Waals surface area contributed by atoms with Gasteiger partial charge in [-0.2, -0.15) is 0 Å². The van der Waals surface area contributed by atoms with Gasteiger partial charge < -0.3 is 4.74 Å². The number of benzene rings is 1. The fourth-order valence-corrected chi connectivity index (χ4v) is 4.82. The first-order chi connectivity index (χ1) is 13.3. The van der Waals surface area contributed by atoms with E-state index in [0.717, 1.165) is 28.3 Å². The van der Waals surface area contributed by atoms with E-state index in [1.54, 1.807) is 23.1 Å². The lowest BCUT2D eigenvalue weighted by molar-refractivity contribution is -0.147. The van der Waals surface area contributed by atoms with Crippen molar-refractivity contribution in [3.63, 3.8) is 0 Å². The lowest BCUT2D eigenvalue weighted by atomic mass is 10.3. The summed E-state index contributed by atoms with van der Waals surface area (Å²) in [4.78, 5) is 21.1. The quantitative estimate of drug-likeness (QED) is 0.315. The Bertz CT molecular complexity index is 1090. The number of pyridine rings is 1. The van der Waals surface area contributed by atoms with Gasteiger partial charge >= 0.3 is 5.97 Å². The minimum absolute atomic E-state index is 0.179. The predicted molar refractivity (Wildman–Crippen MR) is 110 cm³/mol. The Morgan fingerprint density at radius 2 is 2.15 bits per heavy atom. The fraction of sp³-hybridized carbons (Fsp3) is 0.250. The molecule has 0 saturated carbocycles. The highest BCUT2D eigenvalue weighted by atomic mass is 32.2. The molecule has 0 amide bonds. The number of nitrogens with zero attached hydrogens (tertiary/aromatic N) is 3. The maximum absolute atomic E-state index is 11.8. The number of carbonyl (C=O) groups excluding carboxylic acids is 1. The lowest BCUT2D eigenvalue weighted by Gasteiger charge is -2.10. The van der Waals surface area contributed by atoms with Crippen molar-refractivity contribution < 1.29 is 9.53 Å². The van der Waals surface area contributed by atoms with Gasteiger partial charge in [-0.15, -0.1) is 11.3 Å². The van der Waals surface area contributed by atoms with Gasteiger partial charge in [-0.1, -0.05) is 30.8 Å². The molecule has 0 atom stereocenters. The number of esters is 1. The van der Waals surface area contributed by atoms with E-state index in [9.17, 15) is 4.79 Å². The first-order valence-electron chi connectivity index (χ1n) is 8.81. The second-order valence-electron chi connectivity index (χ2n) is 6.09. The Labute approximate surface area is 165 Å². The molecule has 0 aliphatic carbocycles. The van der Waals surface area contributed by atoms with E-state index in [1.807, 2.05) is 48.0 Å². The molecule has 4 aromatic rings. The van der Waals surface area contributed by atoms with Crippen molar-refractivity contribution >= 4 is 50.2 Å². The minimum atomic E-state index is -0.184. The van der Waals surface area contributed by atoms with Crippen LogP contribution in [0.25, 0.3) is 21.1 Å². The topological polar surface area (TPSA) is 57.0 Å². The van der Waals surface area contributed by atoms with Crippen LogP contribution >= 0.6 is 23.1 Å². The molecule has 0 fully saturated rings. The number of hydrogen-bond donors (Lipinski definition) is 0. The van der Waals surface area contributed by atoms with Crippen molar-refractivity contribution in [1.29, 1.82) is 0 Å². The summed E-state index contributed by atoms with van der Waals surface area (Å²) in [5.74, 6) is 0.528. The van der Waals surface area contributed by atoms with Crippen LogP contribution in [-0.4, -0.2) is 20.5 Å². The van der Waals surface area contributed by atoms with E-state index in [0.29, 0.717) is 12.2 Å².